The van der Waals surface area contributed by atoms with E-state index in [1.165, 1.54) is 12.1 Å². The largest absolute Gasteiger partial charge is 0.388 e. The molecule has 0 radical (unpaired) electrons. The van der Waals surface area contributed by atoms with E-state index in [1.807, 2.05) is 27.7 Å². The van der Waals surface area contributed by atoms with E-state index in [2.05, 4.69) is 5.32 Å². The molecule has 2 atom stereocenters. The highest BCUT2D eigenvalue weighted by Gasteiger charge is 2.20. The van der Waals surface area contributed by atoms with E-state index in [0.29, 0.717) is 36.4 Å². The molecule has 0 aliphatic heterocycles. The van der Waals surface area contributed by atoms with Gasteiger partial charge in [0, 0.05) is 43.4 Å². The summed E-state index contributed by atoms with van der Waals surface area (Å²) < 4.78 is 29.6. The molecule has 0 aliphatic carbocycles. The quantitative estimate of drug-likeness (QED) is 0.330. The summed E-state index contributed by atoms with van der Waals surface area (Å²) in [5.74, 6) is -1.53. The summed E-state index contributed by atoms with van der Waals surface area (Å²) in [7, 11) is 0. The van der Waals surface area contributed by atoms with E-state index in [4.69, 9.17) is 4.74 Å². The lowest BCUT2D eigenvalue weighted by atomic mass is 10.0. The smallest absolute Gasteiger partial charge is 0.253 e. The zero-order chi connectivity index (χ0) is 28.7. The monoisotopic (exact) mass is 536 g/mol. The van der Waals surface area contributed by atoms with Gasteiger partial charge in [-0.15, -0.1) is 0 Å². The molecule has 0 aromatic heterocycles. The fourth-order valence-corrected chi connectivity index (χ4v) is 3.66. The Morgan fingerprint density at radius 3 is 1.92 bits per heavy atom. The Morgan fingerprint density at radius 1 is 0.842 bits per heavy atom. The Kier molecular flexibility index (Phi) is 15.3. The van der Waals surface area contributed by atoms with Gasteiger partial charge in [0.05, 0.1) is 12.7 Å². The molecule has 0 spiro atoms. The maximum atomic E-state index is 12.8. The molecule has 0 aliphatic rings. The third-order valence-electron chi connectivity index (χ3n) is 5.42. The number of amides is 2. The molecule has 2 amide bonds. The average molecular weight is 537 g/mol. The van der Waals surface area contributed by atoms with Gasteiger partial charge in [0.25, 0.3) is 11.8 Å². The fraction of sp³-hybridized carbons (Fsp3) is 0.517. The second-order valence-electron chi connectivity index (χ2n) is 9.25. The van der Waals surface area contributed by atoms with Gasteiger partial charge in [-0.2, -0.15) is 0 Å². The average Bonchev–Trinajstić information content (AvgIpc) is 2.85. The van der Waals surface area contributed by atoms with Crippen molar-refractivity contribution in [3.05, 3.63) is 70.3 Å². The van der Waals surface area contributed by atoms with Gasteiger partial charge in [0.15, 0.2) is 0 Å². The van der Waals surface area contributed by atoms with Crippen LogP contribution >= 0.6 is 0 Å². The van der Waals surface area contributed by atoms with Crippen LogP contribution in [0.1, 0.15) is 71.9 Å². The molecule has 0 saturated carbocycles. The summed E-state index contributed by atoms with van der Waals surface area (Å²) >= 11 is 0. The summed E-state index contributed by atoms with van der Waals surface area (Å²) in [6, 6.07) is 8.47. The second kappa shape index (κ2) is 17.6. The number of nitrogens with zero attached hydrogens (tertiary/aromatic N) is 1. The molecule has 3 N–H and O–H groups in total. The van der Waals surface area contributed by atoms with Crippen LogP contribution in [0, 0.1) is 25.5 Å². The highest BCUT2D eigenvalue weighted by molar-refractivity contribution is 6.00. The van der Waals surface area contributed by atoms with Crippen LogP contribution in [0.15, 0.2) is 36.4 Å². The minimum absolute atomic E-state index is 0.0126. The molecule has 7 nitrogen and oxygen atoms in total. The van der Waals surface area contributed by atoms with Crippen molar-refractivity contribution in [2.75, 3.05) is 32.8 Å². The van der Waals surface area contributed by atoms with Crippen molar-refractivity contribution in [2.45, 2.75) is 66.1 Å². The van der Waals surface area contributed by atoms with E-state index in [9.17, 15) is 28.6 Å². The molecule has 38 heavy (non-hydrogen) atoms. The van der Waals surface area contributed by atoms with Gasteiger partial charge in [-0.05, 0) is 74.6 Å². The lowest BCUT2D eigenvalue weighted by Gasteiger charge is -2.22. The van der Waals surface area contributed by atoms with Crippen molar-refractivity contribution in [1.29, 1.82) is 0 Å². The van der Waals surface area contributed by atoms with Crippen molar-refractivity contribution < 1.29 is 33.3 Å². The van der Waals surface area contributed by atoms with Crippen LogP contribution in [-0.4, -0.2) is 72.0 Å². The van der Waals surface area contributed by atoms with Crippen LogP contribution in [0.3, 0.4) is 0 Å². The molecule has 0 saturated heterocycles. The Bertz CT molecular complexity index is 962. The first kappa shape index (κ1) is 33.1. The van der Waals surface area contributed by atoms with E-state index >= 15 is 0 Å². The third-order valence-corrected chi connectivity index (χ3v) is 5.42. The Hall–Kier alpha value is -2.88. The van der Waals surface area contributed by atoms with Crippen molar-refractivity contribution >= 4 is 11.8 Å². The van der Waals surface area contributed by atoms with Gasteiger partial charge in [0.2, 0.25) is 0 Å². The lowest BCUT2D eigenvalue weighted by Crippen LogP contribution is -2.41. The summed E-state index contributed by atoms with van der Waals surface area (Å²) in [6.07, 6.45) is 0.349. The van der Waals surface area contributed by atoms with Gasteiger partial charge >= 0.3 is 0 Å². The van der Waals surface area contributed by atoms with E-state index < -0.39 is 29.7 Å². The van der Waals surface area contributed by atoms with Crippen molar-refractivity contribution in [2.24, 2.45) is 0 Å². The first-order valence-electron chi connectivity index (χ1n) is 13.1. The van der Waals surface area contributed by atoms with E-state index in [-0.39, 0.29) is 19.1 Å². The number of hydrogen-bond acceptors (Lipinski definition) is 5. The predicted octanol–water partition coefficient (Wildman–Crippen LogP) is 4.41. The minimum atomic E-state index is -1.13. The number of hydrogen-bond donors (Lipinski definition) is 3. The Labute approximate surface area is 224 Å². The number of carbonyl (C=O) groups is 2. The molecule has 212 valence electrons. The second-order valence-corrected chi connectivity index (χ2v) is 9.25. The minimum Gasteiger partial charge on any atom is -0.388 e. The van der Waals surface area contributed by atoms with Crippen LogP contribution in [0.2, 0.25) is 0 Å². The third kappa shape index (κ3) is 12.1. The van der Waals surface area contributed by atoms with Crippen LogP contribution in [0.25, 0.3) is 0 Å². The molecule has 9 heteroatoms. The Balaban J connectivity index is 0.000000671. The lowest BCUT2D eigenvalue weighted by molar-refractivity contribution is -0.0360. The predicted molar refractivity (Wildman–Crippen MR) is 144 cm³/mol. The van der Waals surface area contributed by atoms with E-state index in [1.54, 1.807) is 30.0 Å². The zero-order valence-corrected chi connectivity index (χ0v) is 23.1. The van der Waals surface area contributed by atoms with Gasteiger partial charge < -0.3 is 25.2 Å². The number of aryl methyl sites for hydroxylation is 2. The highest BCUT2D eigenvalue weighted by Crippen LogP contribution is 2.14. The first-order valence-corrected chi connectivity index (χ1v) is 13.1. The zero-order valence-electron chi connectivity index (χ0n) is 23.1. The standard InChI is InChI=1S/C22H36N2O5.C7H6F2/c1-5-8-24(9-6-2)22(28)18-12-16(4)11-17(13-18)21(27)23-14-19(25)20(26)15-29-10-7-3;1-5-2-6(8)4-7(9)3-5/h11-13,19-20,25-26H,5-10,14-15H2,1-4H3,(H,23,27);2-4H,1H3. The number of benzene rings is 2. The number of aliphatic hydroxyl groups is 2. The first-order chi connectivity index (χ1) is 18.0. The maximum Gasteiger partial charge on any atom is 0.253 e. The number of rotatable bonds is 13. The number of nitrogens with one attached hydrogen (secondary N) is 1. The number of halogens is 2. The molecule has 2 aromatic carbocycles. The Morgan fingerprint density at radius 2 is 1.39 bits per heavy atom. The van der Waals surface area contributed by atoms with Gasteiger partial charge in [-0.25, -0.2) is 8.78 Å². The molecule has 0 bridgehead atoms. The number of aliphatic hydroxyl groups excluding tert-OH is 2. The SMILES string of the molecule is CCCOCC(O)C(O)CNC(=O)c1cc(C)cc(C(=O)N(CCC)CCC)c1.Cc1cc(F)cc(F)c1. The maximum absolute atomic E-state index is 12.8. The molecule has 0 fully saturated rings. The van der Waals surface area contributed by atoms with Crippen molar-refractivity contribution in [1.82, 2.24) is 10.2 Å². The van der Waals surface area contributed by atoms with Crippen molar-refractivity contribution in [3.63, 3.8) is 0 Å². The number of ether oxygens (including phenoxy) is 1. The van der Waals surface area contributed by atoms with Gasteiger partial charge in [-0.1, -0.05) is 20.8 Å². The van der Waals surface area contributed by atoms with Gasteiger partial charge in [0.1, 0.15) is 17.7 Å². The molecular weight excluding hydrogens is 494 g/mol. The fourth-order valence-electron chi connectivity index (χ4n) is 3.66. The highest BCUT2D eigenvalue weighted by atomic mass is 19.1. The summed E-state index contributed by atoms with van der Waals surface area (Å²) in [4.78, 5) is 27.2. The normalized spacial score (nSPS) is 12.2. The summed E-state index contributed by atoms with van der Waals surface area (Å²) in [5, 5.41) is 22.5. The van der Waals surface area contributed by atoms with Gasteiger partial charge in [-0.3, -0.25) is 9.59 Å². The van der Waals surface area contributed by atoms with Crippen LogP contribution in [0.5, 0.6) is 0 Å². The summed E-state index contributed by atoms with van der Waals surface area (Å²) in [5.41, 5.74) is 2.24. The molecule has 2 aromatic rings. The van der Waals surface area contributed by atoms with Crippen LogP contribution in [0.4, 0.5) is 8.78 Å². The molecular formula is C29H42F2N2O5. The molecule has 0 heterocycles. The number of carbonyl (C=O) groups excluding carboxylic acids is 2. The van der Waals surface area contributed by atoms with E-state index in [0.717, 1.165) is 30.9 Å². The van der Waals surface area contributed by atoms with Crippen LogP contribution < -0.4 is 5.32 Å². The van der Waals surface area contributed by atoms with Crippen molar-refractivity contribution in [3.8, 4) is 0 Å². The van der Waals surface area contributed by atoms with Crippen LogP contribution in [-0.2, 0) is 4.74 Å². The summed E-state index contributed by atoms with van der Waals surface area (Å²) in [6.45, 7) is 11.2. The topological polar surface area (TPSA) is 99.1 Å². The molecule has 2 rings (SSSR count). The molecule has 2 unspecified atom stereocenters.